The smallest absolute Gasteiger partial charge is 0.416 e. The van der Waals surface area contributed by atoms with Gasteiger partial charge >= 0.3 is 18.5 Å². The number of ketones is 2. The van der Waals surface area contributed by atoms with Crippen molar-refractivity contribution in [3.05, 3.63) is 82.8 Å². The second-order valence-corrected chi connectivity index (χ2v) is 6.72. The highest BCUT2D eigenvalue weighted by Gasteiger charge is 2.38. The molecule has 0 aromatic heterocycles. The van der Waals surface area contributed by atoms with Crippen molar-refractivity contribution in [3.63, 3.8) is 0 Å². The molecule has 0 radical (unpaired) electrons. The van der Waals surface area contributed by atoms with Crippen molar-refractivity contribution in [1.82, 2.24) is 0 Å². The van der Waals surface area contributed by atoms with Gasteiger partial charge in [0.25, 0.3) is 0 Å². The third kappa shape index (κ3) is 5.77. The molecule has 34 heavy (non-hydrogen) atoms. The number of halogens is 9. The fourth-order valence-corrected chi connectivity index (χ4v) is 2.66. The van der Waals surface area contributed by atoms with Crippen LogP contribution >= 0.6 is 0 Å². The van der Waals surface area contributed by atoms with Crippen molar-refractivity contribution in [2.45, 2.75) is 18.5 Å². The average molecular weight is 496 g/mol. The monoisotopic (exact) mass is 496 g/mol. The normalized spacial score (nSPS) is 15.1. The summed E-state index contributed by atoms with van der Waals surface area (Å²) in [5, 5.41) is 0. The molecule has 0 saturated carbocycles. The topological polar surface area (TPSA) is 52.6 Å². The summed E-state index contributed by atoms with van der Waals surface area (Å²) >= 11 is 0. The summed E-state index contributed by atoms with van der Waals surface area (Å²) in [6, 6.07) is 3.56. The van der Waals surface area contributed by atoms with E-state index in [-0.39, 0.29) is 18.2 Å². The van der Waals surface area contributed by atoms with E-state index < -0.39 is 69.8 Å². The SMILES string of the molecule is O=C1C=C(Oc2cc(C(F)(F)F)cc(C(F)(F)F)c2)C(=O)C=C1Oc1cccc(C(F)(F)F)c1. The molecule has 0 saturated heterocycles. The van der Waals surface area contributed by atoms with Crippen LogP contribution in [0, 0.1) is 0 Å². The highest BCUT2D eigenvalue weighted by Crippen LogP contribution is 2.39. The fourth-order valence-electron chi connectivity index (χ4n) is 2.66. The Hall–Kier alpha value is -3.77. The lowest BCUT2D eigenvalue weighted by Gasteiger charge is -2.17. The zero-order valence-corrected chi connectivity index (χ0v) is 16.2. The lowest BCUT2D eigenvalue weighted by Crippen LogP contribution is -2.20. The maximum atomic E-state index is 13.0. The standard InChI is InChI=1S/C21H9F9O4/c22-19(23,24)10-2-1-3-13(5-10)33-17-8-16(32)18(9-15(17)31)34-14-6-11(20(25,26)27)4-12(7-14)21(28,29)30/h1-9H. The van der Waals surface area contributed by atoms with Crippen molar-refractivity contribution in [1.29, 1.82) is 0 Å². The van der Waals surface area contributed by atoms with Gasteiger partial charge in [0.05, 0.1) is 16.7 Å². The molecular formula is C21H9F9O4. The van der Waals surface area contributed by atoms with Crippen molar-refractivity contribution < 1.29 is 58.6 Å². The number of rotatable bonds is 4. The van der Waals surface area contributed by atoms with Crippen LogP contribution in [0.2, 0.25) is 0 Å². The van der Waals surface area contributed by atoms with Crippen LogP contribution in [0.5, 0.6) is 11.5 Å². The molecule has 13 heteroatoms. The molecule has 0 amide bonds. The molecule has 0 spiro atoms. The quantitative estimate of drug-likeness (QED) is 0.378. The van der Waals surface area contributed by atoms with Crippen molar-refractivity contribution >= 4 is 11.6 Å². The first-order valence-electron chi connectivity index (χ1n) is 8.88. The van der Waals surface area contributed by atoms with E-state index in [1.165, 1.54) is 0 Å². The second kappa shape index (κ2) is 8.54. The van der Waals surface area contributed by atoms with E-state index in [9.17, 15) is 49.1 Å². The molecule has 0 unspecified atom stereocenters. The number of hydrogen-bond donors (Lipinski definition) is 0. The molecule has 1 aliphatic rings. The van der Waals surface area contributed by atoms with E-state index in [1.54, 1.807) is 0 Å². The molecule has 2 aromatic carbocycles. The maximum Gasteiger partial charge on any atom is 0.416 e. The van der Waals surface area contributed by atoms with E-state index in [4.69, 9.17) is 9.47 Å². The van der Waals surface area contributed by atoms with Gasteiger partial charge in [0.2, 0.25) is 11.6 Å². The summed E-state index contributed by atoms with van der Waals surface area (Å²) in [4.78, 5) is 24.4. The first kappa shape index (κ1) is 24.9. The number of carbonyl (C=O) groups excluding carboxylic acids is 2. The van der Waals surface area contributed by atoms with Crippen molar-refractivity contribution in [2.24, 2.45) is 0 Å². The van der Waals surface area contributed by atoms with Crippen LogP contribution in [-0.2, 0) is 28.1 Å². The minimum absolute atomic E-state index is 0.157. The molecule has 180 valence electrons. The molecule has 0 bridgehead atoms. The fraction of sp³-hybridized carbons (Fsp3) is 0.143. The van der Waals surface area contributed by atoms with Crippen LogP contribution < -0.4 is 9.47 Å². The van der Waals surface area contributed by atoms with E-state index in [0.717, 1.165) is 18.2 Å². The Labute approximate surface area is 183 Å². The van der Waals surface area contributed by atoms with Gasteiger partial charge in [-0.1, -0.05) is 6.07 Å². The van der Waals surface area contributed by atoms with Crippen LogP contribution in [0.1, 0.15) is 16.7 Å². The third-order valence-corrected chi connectivity index (χ3v) is 4.19. The molecular weight excluding hydrogens is 487 g/mol. The molecule has 0 heterocycles. The Morgan fingerprint density at radius 3 is 1.38 bits per heavy atom. The lowest BCUT2D eigenvalue weighted by molar-refractivity contribution is -0.143. The second-order valence-electron chi connectivity index (χ2n) is 6.72. The zero-order valence-electron chi connectivity index (χ0n) is 16.2. The summed E-state index contributed by atoms with van der Waals surface area (Å²) in [5.74, 6) is -5.45. The lowest BCUT2D eigenvalue weighted by atomic mass is 10.1. The number of benzene rings is 2. The average Bonchev–Trinajstić information content (AvgIpc) is 2.70. The molecule has 0 atom stereocenters. The molecule has 1 aliphatic carbocycles. The largest absolute Gasteiger partial charge is 0.453 e. The molecule has 3 rings (SSSR count). The predicted molar refractivity (Wildman–Crippen MR) is 95.3 cm³/mol. The number of ether oxygens (including phenoxy) is 2. The van der Waals surface area contributed by atoms with Gasteiger partial charge < -0.3 is 9.47 Å². The van der Waals surface area contributed by atoms with Gasteiger partial charge in [-0.2, -0.15) is 39.5 Å². The van der Waals surface area contributed by atoms with E-state index in [1.807, 2.05) is 0 Å². The van der Waals surface area contributed by atoms with Crippen molar-refractivity contribution in [2.75, 3.05) is 0 Å². The summed E-state index contributed by atoms with van der Waals surface area (Å²) < 4.78 is 126. The van der Waals surface area contributed by atoms with E-state index in [0.29, 0.717) is 18.2 Å². The maximum absolute atomic E-state index is 13.0. The number of carbonyl (C=O) groups is 2. The number of hydrogen-bond acceptors (Lipinski definition) is 4. The van der Waals surface area contributed by atoms with Gasteiger partial charge in [0.1, 0.15) is 11.5 Å². The van der Waals surface area contributed by atoms with Crippen LogP contribution in [0.25, 0.3) is 0 Å². The highest BCUT2D eigenvalue weighted by atomic mass is 19.4. The van der Waals surface area contributed by atoms with E-state index in [2.05, 4.69) is 0 Å². The molecule has 0 fully saturated rings. The van der Waals surface area contributed by atoms with Crippen molar-refractivity contribution in [3.8, 4) is 11.5 Å². The Morgan fingerprint density at radius 2 is 0.941 bits per heavy atom. The van der Waals surface area contributed by atoms with Gasteiger partial charge in [-0.25, -0.2) is 0 Å². The summed E-state index contributed by atoms with van der Waals surface area (Å²) in [7, 11) is 0. The Balaban J connectivity index is 1.85. The predicted octanol–water partition coefficient (Wildman–Crippen LogP) is 6.12. The van der Waals surface area contributed by atoms with Crippen LogP contribution in [-0.4, -0.2) is 11.6 Å². The minimum atomic E-state index is -5.17. The Bertz CT molecular complexity index is 1170. The van der Waals surface area contributed by atoms with Gasteiger partial charge in [0.15, 0.2) is 11.5 Å². The zero-order chi connectivity index (χ0) is 25.5. The van der Waals surface area contributed by atoms with Gasteiger partial charge in [-0.15, -0.1) is 0 Å². The van der Waals surface area contributed by atoms with E-state index >= 15 is 0 Å². The number of alkyl halides is 9. The molecule has 4 nitrogen and oxygen atoms in total. The highest BCUT2D eigenvalue weighted by molar-refractivity contribution is 6.18. The summed E-state index contributed by atoms with van der Waals surface area (Å²) in [6.45, 7) is 0. The minimum Gasteiger partial charge on any atom is -0.453 e. The van der Waals surface area contributed by atoms with Gasteiger partial charge in [0, 0.05) is 12.2 Å². The Morgan fingerprint density at radius 1 is 0.529 bits per heavy atom. The first-order chi connectivity index (χ1) is 15.5. The van der Waals surface area contributed by atoms with Crippen LogP contribution in [0.3, 0.4) is 0 Å². The summed E-state index contributed by atoms with van der Waals surface area (Å²) in [6.07, 6.45) is -14.2. The molecule has 0 N–H and O–H groups in total. The first-order valence-corrected chi connectivity index (χ1v) is 8.88. The van der Waals surface area contributed by atoms with Crippen LogP contribution in [0.4, 0.5) is 39.5 Å². The van der Waals surface area contributed by atoms with Crippen LogP contribution in [0.15, 0.2) is 66.1 Å². The Kier molecular flexibility index (Phi) is 6.24. The summed E-state index contributed by atoms with van der Waals surface area (Å²) in [5.41, 5.74) is -4.53. The number of allylic oxidation sites excluding steroid dienone is 2. The van der Waals surface area contributed by atoms with Gasteiger partial charge in [-0.3, -0.25) is 9.59 Å². The third-order valence-electron chi connectivity index (χ3n) is 4.19. The molecule has 2 aromatic rings. The van der Waals surface area contributed by atoms with Gasteiger partial charge in [-0.05, 0) is 36.4 Å². The molecule has 0 aliphatic heterocycles.